The molecule has 84 valence electrons. The van der Waals surface area contributed by atoms with E-state index in [1.807, 2.05) is 0 Å². The topological polar surface area (TPSA) is 57.8 Å². The first kappa shape index (κ1) is 13.3. The van der Waals surface area contributed by atoms with Gasteiger partial charge in [0.25, 0.3) is 0 Å². The lowest BCUT2D eigenvalue weighted by Gasteiger charge is -2.30. The van der Waals surface area contributed by atoms with Crippen molar-refractivity contribution < 1.29 is 23.8 Å². The molecule has 0 spiro atoms. The van der Waals surface area contributed by atoms with Crippen LogP contribution in [-0.4, -0.2) is 30.9 Å². The molecule has 1 saturated carbocycles. The molecule has 0 amide bonds. The number of hydrogen-bond acceptors (Lipinski definition) is 2. The smallest absolute Gasteiger partial charge is 0.314 e. The molecule has 3 nitrogen and oxygen atoms in total. The zero-order valence-electron chi connectivity index (χ0n) is 8.30. The minimum absolute atomic E-state index is 0. The van der Waals surface area contributed by atoms with Crippen molar-refractivity contribution in [2.75, 3.05) is 7.11 Å². The number of ether oxygens (including phenoxy) is 1. The molecule has 0 aromatic rings. The normalized spacial score (nSPS) is 37.1. The Morgan fingerprint density at radius 2 is 1.71 bits per heavy atom. The van der Waals surface area contributed by atoms with Gasteiger partial charge >= 0.3 is 5.97 Å². The quantitative estimate of drug-likeness (QED) is 0.607. The van der Waals surface area contributed by atoms with Gasteiger partial charge in [0.15, 0.2) is 0 Å². The Kier molecular flexibility index (Phi) is 4.97. The lowest BCUT2D eigenvalue weighted by molar-refractivity contribution is -0.153. The van der Waals surface area contributed by atoms with Crippen LogP contribution in [-0.2, 0) is 9.53 Å². The van der Waals surface area contributed by atoms with E-state index < -0.39 is 24.2 Å². The first-order valence-electron chi connectivity index (χ1n) is 4.42. The monoisotopic (exact) mass is 210 g/mol. The summed E-state index contributed by atoms with van der Waals surface area (Å²) in [6.07, 6.45) is -2.29. The highest BCUT2D eigenvalue weighted by molar-refractivity contribution is 5.73. The summed E-state index contributed by atoms with van der Waals surface area (Å²) < 4.78 is 30.8. The Hall–Kier alpha value is -0.710. The van der Waals surface area contributed by atoms with Gasteiger partial charge in [-0.3, -0.25) is 4.79 Å². The second-order valence-electron chi connectivity index (χ2n) is 3.66. The van der Waals surface area contributed by atoms with Crippen LogP contribution in [0.5, 0.6) is 0 Å². The number of carbonyl (C=O) groups is 1. The van der Waals surface area contributed by atoms with E-state index in [9.17, 15) is 13.6 Å². The summed E-state index contributed by atoms with van der Waals surface area (Å²) in [7, 11) is 1.15. The molecule has 0 saturated heterocycles. The van der Waals surface area contributed by atoms with Crippen molar-refractivity contribution in [2.45, 2.75) is 32.1 Å². The van der Waals surface area contributed by atoms with E-state index in [4.69, 9.17) is 0 Å². The SMILES string of the molecule is COC(=O)C1C(F)CC(C)CC1F.O. The Balaban J connectivity index is 0.00000169. The lowest BCUT2D eigenvalue weighted by atomic mass is 9.80. The van der Waals surface area contributed by atoms with E-state index in [2.05, 4.69) is 4.74 Å². The lowest BCUT2D eigenvalue weighted by Crippen LogP contribution is -2.40. The van der Waals surface area contributed by atoms with E-state index in [1.54, 1.807) is 6.92 Å². The van der Waals surface area contributed by atoms with Crippen molar-refractivity contribution in [3.05, 3.63) is 0 Å². The number of alkyl halides is 2. The summed E-state index contributed by atoms with van der Waals surface area (Å²) in [5, 5.41) is 0. The Bertz CT molecular complexity index is 186. The molecule has 1 aliphatic rings. The van der Waals surface area contributed by atoms with Gasteiger partial charge in [-0.15, -0.1) is 0 Å². The first-order valence-corrected chi connectivity index (χ1v) is 4.42. The summed E-state index contributed by atoms with van der Waals surface area (Å²) in [5.74, 6) is -1.97. The van der Waals surface area contributed by atoms with Crippen molar-refractivity contribution in [3.63, 3.8) is 0 Å². The molecule has 14 heavy (non-hydrogen) atoms. The van der Waals surface area contributed by atoms with Crippen molar-refractivity contribution in [1.82, 2.24) is 0 Å². The van der Waals surface area contributed by atoms with Crippen molar-refractivity contribution in [2.24, 2.45) is 11.8 Å². The second kappa shape index (κ2) is 5.24. The largest absolute Gasteiger partial charge is 0.469 e. The van der Waals surface area contributed by atoms with Crippen LogP contribution in [0.2, 0.25) is 0 Å². The van der Waals surface area contributed by atoms with Crippen LogP contribution in [0.3, 0.4) is 0 Å². The number of halogens is 2. The van der Waals surface area contributed by atoms with Crippen molar-refractivity contribution in [3.8, 4) is 0 Å². The van der Waals surface area contributed by atoms with E-state index in [0.717, 1.165) is 7.11 Å². The molecule has 0 heterocycles. The minimum atomic E-state index is -1.40. The van der Waals surface area contributed by atoms with Crippen LogP contribution < -0.4 is 0 Å². The van der Waals surface area contributed by atoms with Gasteiger partial charge in [0.2, 0.25) is 0 Å². The summed E-state index contributed by atoms with van der Waals surface area (Å²) >= 11 is 0. The van der Waals surface area contributed by atoms with Gasteiger partial charge in [-0.25, -0.2) is 8.78 Å². The highest BCUT2D eigenvalue weighted by Crippen LogP contribution is 2.33. The van der Waals surface area contributed by atoms with Crippen LogP contribution in [0.25, 0.3) is 0 Å². The molecule has 2 N–H and O–H groups in total. The van der Waals surface area contributed by atoms with E-state index in [-0.39, 0.29) is 24.2 Å². The standard InChI is InChI=1S/C9H14F2O2.H2O/c1-5-3-6(10)8(7(11)4-5)9(12)13-2;/h5-8H,3-4H2,1-2H3;1H2. The Labute approximate surface area is 81.7 Å². The molecule has 0 radical (unpaired) electrons. The van der Waals surface area contributed by atoms with Crippen LogP contribution in [0.15, 0.2) is 0 Å². The van der Waals surface area contributed by atoms with E-state index in [0.29, 0.717) is 0 Å². The summed E-state index contributed by atoms with van der Waals surface area (Å²) in [6, 6.07) is 0. The van der Waals surface area contributed by atoms with Crippen LogP contribution in [0.1, 0.15) is 19.8 Å². The van der Waals surface area contributed by atoms with Gasteiger partial charge in [0, 0.05) is 0 Å². The molecule has 0 aromatic heterocycles. The molecule has 1 rings (SSSR count). The maximum absolute atomic E-state index is 13.2. The fourth-order valence-electron chi connectivity index (χ4n) is 1.82. The number of methoxy groups -OCH3 is 1. The molecule has 5 heteroatoms. The predicted octanol–water partition coefficient (Wildman–Crippen LogP) is 1.06. The summed E-state index contributed by atoms with van der Waals surface area (Å²) in [6.45, 7) is 1.78. The van der Waals surface area contributed by atoms with Gasteiger partial charge in [-0.05, 0) is 18.8 Å². The molecule has 2 unspecified atom stereocenters. The summed E-state index contributed by atoms with van der Waals surface area (Å²) in [4.78, 5) is 11.0. The number of esters is 1. The average molecular weight is 210 g/mol. The molecule has 0 aliphatic heterocycles. The highest BCUT2D eigenvalue weighted by atomic mass is 19.1. The Morgan fingerprint density at radius 1 is 1.29 bits per heavy atom. The van der Waals surface area contributed by atoms with Crippen molar-refractivity contribution >= 4 is 5.97 Å². The van der Waals surface area contributed by atoms with Crippen molar-refractivity contribution in [1.29, 1.82) is 0 Å². The summed E-state index contributed by atoms with van der Waals surface area (Å²) in [5.41, 5.74) is 0. The molecule has 0 bridgehead atoms. The minimum Gasteiger partial charge on any atom is -0.469 e. The van der Waals surface area contributed by atoms with E-state index >= 15 is 0 Å². The number of carbonyl (C=O) groups excluding carboxylic acids is 1. The molecule has 1 fully saturated rings. The molecule has 1 aliphatic carbocycles. The molecule has 2 atom stereocenters. The number of hydrogen-bond donors (Lipinski definition) is 0. The van der Waals surface area contributed by atoms with Gasteiger partial charge in [-0.1, -0.05) is 6.92 Å². The molecule has 0 aromatic carbocycles. The molecular weight excluding hydrogens is 194 g/mol. The predicted molar refractivity (Wildman–Crippen MR) is 47.3 cm³/mol. The zero-order chi connectivity index (χ0) is 10.0. The second-order valence-corrected chi connectivity index (χ2v) is 3.66. The fourth-order valence-corrected chi connectivity index (χ4v) is 1.82. The third-order valence-electron chi connectivity index (χ3n) is 2.51. The first-order chi connectivity index (χ1) is 6.06. The van der Waals surface area contributed by atoms with Gasteiger partial charge in [0.05, 0.1) is 7.11 Å². The van der Waals surface area contributed by atoms with Gasteiger partial charge in [0.1, 0.15) is 18.3 Å². The zero-order valence-corrected chi connectivity index (χ0v) is 8.30. The maximum atomic E-state index is 13.2. The van der Waals surface area contributed by atoms with Crippen LogP contribution in [0.4, 0.5) is 8.78 Å². The van der Waals surface area contributed by atoms with Gasteiger partial charge in [-0.2, -0.15) is 0 Å². The van der Waals surface area contributed by atoms with E-state index in [1.165, 1.54) is 0 Å². The van der Waals surface area contributed by atoms with Gasteiger partial charge < -0.3 is 10.2 Å². The third kappa shape index (κ3) is 2.64. The van der Waals surface area contributed by atoms with Crippen LogP contribution in [0, 0.1) is 11.8 Å². The maximum Gasteiger partial charge on any atom is 0.314 e. The third-order valence-corrected chi connectivity index (χ3v) is 2.51. The highest BCUT2D eigenvalue weighted by Gasteiger charge is 2.42. The number of rotatable bonds is 1. The van der Waals surface area contributed by atoms with Crippen LogP contribution >= 0.6 is 0 Å². The Morgan fingerprint density at radius 3 is 2.07 bits per heavy atom. The molecular formula is C9H16F2O3. The fraction of sp³-hybridized carbons (Fsp3) is 0.889. The average Bonchev–Trinajstić information content (AvgIpc) is 2.02.